The minimum atomic E-state index is -2.65. The molecule has 0 saturated heterocycles. The first-order valence-electron chi connectivity index (χ1n) is 9.60. The molecule has 0 atom stereocenters. The third-order valence-corrected chi connectivity index (χ3v) is 4.60. The second kappa shape index (κ2) is 8.88. The van der Waals surface area contributed by atoms with Crippen molar-refractivity contribution < 1.29 is 13.5 Å². The molecule has 0 aromatic carbocycles. The Bertz CT molecular complexity index is 1330. The Morgan fingerprint density at radius 3 is 2.72 bits per heavy atom. The topological polar surface area (TPSA) is 106 Å². The molecular weight excluding hydrogens is 418 g/mol. The fraction of sp³-hybridized carbons (Fsp3) is 0.136. The van der Waals surface area contributed by atoms with Gasteiger partial charge in [-0.15, -0.1) is 0 Å². The minimum Gasteiger partial charge on any atom is -0.472 e. The van der Waals surface area contributed by atoms with Crippen LogP contribution in [0.3, 0.4) is 0 Å². The van der Waals surface area contributed by atoms with Gasteiger partial charge in [0.15, 0.2) is 6.61 Å². The number of fused-ring (bicyclic) bond motifs is 1. The van der Waals surface area contributed by atoms with Crippen molar-refractivity contribution in [3.63, 3.8) is 0 Å². The van der Waals surface area contributed by atoms with Gasteiger partial charge in [0.25, 0.3) is 12.0 Å². The Morgan fingerprint density at radius 1 is 1.22 bits per heavy atom. The summed E-state index contributed by atoms with van der Waals surface area (Å²) in [6.07, 6.45) is 6.94. The van der Waals surface area contributed by atoms with Crippen molar-refractivity contribution in [3.05, 3.63) is 77.0 Å². The Labute approximate surface area is 181 Å². The van der Waals surface area contributed by atoms with Gasteiger partial charge in [-0.1, -0.05) is 0 Å². The predicted molar refractivity (Wildman–Crippen MR) is 117 cm³/mol. The Kier molecular flexibility index (Phi) is 5.84. The van der Waals surface area contributed by atoms with Crippen LogP contribution in [0, 0.1) is 5.41 Å². The monoisotopic (exact) mass is 436 g/mol. The molecule has 0 fully saturated rings. The van der Waals surface area contributed by atoms with Crippen molar-refractivity contribution >= 4 is 22.4 Å². The molecule has 0 spiro atoms. The number of pyridine rings is 2. The molecule has 0 unspecified atom stereocenters. The first kappa shape index (κ1) is 21.0. The van der Waals surface area contributed by atoms with Gasteiger partial charge >= 0.3 is 0 Å². The molecule has 32 heavy (non-hydrogen) atoms. The summed E-state index contributed by atoms with van der Waals surface area (Å²) >= 11 is 0. The molecule has 4 rings (SSSR count). The third-order valence-electron chi connectivity index (χ3n) is 4.60. The maximum absolute atomic E-state index is 13.5. The minimum absolute atomic E-state index is 0.0310. The summed E-state index contributed by atoms with van der Waals surface area (Å²) in [4.78, 5) is 21.8. The first-order chi connectivity index (χ1) is 15.5. The number of ether oxygens (including phenoxy) is 1. The molecule has 0 radical (unpaired) electrons. The van der Waals surface area contributed by atoms with Gasteiger partial charge in [-0.2, -0.15) is 9.78 Å². The summed E-state index contributed by atoms with van der Waals surface area (Å²) in [5.74, 6) is -0.0310. The van der Waals surface area contributed by atoms with Crippen molar-refractivity contribution in [3.8, 4) is 17.0 Å². The van der Waals surface area contributed by atoms with Gasteiger partial charge in [-0.3, -0.25) is 9.78 Å². The molecule has 3 heterocycles. The SMILES string of the molecule is CN/C=C1/C=C(n2nc3ccc(OCC(F)F)nc3c(-c3ccncc3)c2=O)C=CC1=N. The van der Waals surface area contributed by atoms with Crippen molar-refractivity contribution in [2.75, 3.05) is 13.7 Å². The highest BCUT2D eigenvalue weighted by Gasteiger charge is 2.19. The second-order valence-corrected chi connectivity index (χ2v) is 6.75. The number of nitrogens with zero attached hydrogens (tertiary/aromatic N) is 4. The zero-order chi connectivity index (χ0) is 22.7. The number of allylic oxidation sites excluding steroid dienone is 5. The lowest BCUT2D eigenvalue weighted by molar-refractivity contribution is 0.0798. The van der Waals surface area contributed by atoms with Gasteiger partial charge in [-0.05, 0) is 42.0 Å². The van der Waals surface area contributed by atoms with Crippen LogP contribution in [0.4, 0.5) is 8.78 Å². The first-order valence-corrected chi connectivity index (χ1v) is 9.60. The van der Waals surface area contributed by atoms with Crippen LogP contribution in [0.1, 0.15) is 0 Å². The summed E-state index contributed by atoms with van der Waals surface area (Å²) in [5, 5.41) is 15.3. The predicted octanol–water partition coefficient (Wildman–Crippen LogP) is 3.03. The second-order valence-electron chi connectivity index (χ2n) is 6.75. The molecule has 8 nitrogen and oxygen atoms in total. The molecule has 3 aromatic rings. The lowest BCUT2D eigenvalue weighted by Crippen LogP contribution is -2.25. The fourth-order valence-corrected chi connectivity index (χ4v) is 3.20. The molecule has 10 heteroatoms. The highest BCUT2D eigenvalue weighted by atomic mass is 19.3. The number of nitrogens with one attached hydrogen (secondary N) is 2. The third kappa shape index (κ3) is 4.15. The van der Waals surface area contributed by atoms with Crippen LogP contribution in [-0.2, 0) is 0 Å². The van der Waals surface area contributed by atoms with Crippen molar-refractivity contribution in [1.82, 2.24) is 25.1 Å². The van der Waals surface area contributed by atoms with E-state index in [4.69, 9.17) is 10.1 Å². The number of aromatic nitrogens is 4. The quantitative estimate of drug-likeness (QED) is 0.615. The summed E-state index contributed by atoms with van der Waals surface area (Å²) < 4.78 is 31.4. The van der Waals surface area contributed by atoms with E-state index < -0.39 is 18.6 Å². The molecule has 3 aromatic heterocycles. The molecule has 1 aliphatic rings. The van der Waals surface area contributed by atoms with E-state index in [1.807, 2.05) is 0 Å². The van der Waals surface area contributed by atoms with Crippen molar-refractivity contribution in [2.24, 2.45) is 0 Å². The summed E-state index contributed by atoms with van der Waals surface area (Å²) in [6.45, 7) is -0.808. The van der Waals surface area contributed by atoms with Crippen LogP contribution >= 0.6 is 0 Å². The largest absolute Gasteiger partial charge is 0.472 e. The van der Waals surface area contributed by atoms with Gasteiger partial charge in [0, 0.05) is 37.3 Å². The number of rotatable bonds is 6. The highest BCUT2D eigenvalue weighted by Crippen LogP contribution is 2.26. The standard InChI is InChI=1S/C22H18F2N6O2/c1-26-11-14-10-15(2-3-16(14)25)30-22(31)20(13-6-8-27-9-7-13)21-17(29-30)4-5-19(28-21)32-12-18(23)24/h2-11,18,25-26H,12H2,1H3/b14-11-,25-16?. The molecule has 1 aliphatic carbocycles. The van der Waals surface area contributed by atoms with Gasteiger partial charge in [0.2, 0.25) is 5.88 Å². The molecular formula is C22H18F2N6O2. The maximum atomic E-state index is 13.5. The van der Waals surface area contributed by atoms with Crippen LogP contribution in [0.25, 0.3) is 27.9 Å². The molecule has 162 valence electrons. The summed E-state index contributed by atoms with van der Waals surface area (Å²) in [6, 6.07) is 6.29. The van der Waals surface area contributed by atoms with E-state index in [9.17, 15) is 13.6 Å². The number of alkyl halides is 2. The van der Waals surface area contributed by atoms with Crippen molar-refractivity contribution in [2.45, 2.75) is 6.43 Å². The zero-order valence-corrected chi connectivity index (χ0v) is 16.9. The highest BCUT2D eigenvalue weighted by molar-refractivity contribution is 6.12. The van der Waals surface area contributed by atoms with Crippen LogP contribution in [0.5, 0.6) is 5.88 Å². The van der Waals surface area contributed by atoms with Crippen LogP contribution < -0.4 is 15.6 Å². The van der Waals surface area contributed by atoms with Crippen LogP contribution in [0.15, 0.2) is 71.5 Å². The van der Waals surface area contributed by atoms with E-state index in [0.29, 0.717) is 22.4 Å². The molecule has 0 amide bonds. The number of hydrogen-bond donors (Lipinski definition) is 2. The number of halogens is 2. The van der Waals surface area contributed by atoms with E-state index in [2.05, 4.69) is 20.4 Å². The van der Waals surface area contributed by atoms with Gasteiger partial charge in [0.05, 0.1) is 17.0 Å². The number of hydrogen-bond acceptors (Lipinski definition) is 7. The Balaban J connectivity index is 1.94. The smallest absolute Gasteiger partial charge is 0.281 e. The molecule has 0 aliphatic heterocycles. The Hall–Kier alpha value is -4.21. The van der Waals surface area contributed by atoms with Crippen molar-refractivity contribution in [1.29, 1.82) is 5.41 Å². The maximum Gasteiger partial charge on any atom is 0.281 e. The van der Waals surface area contributed by atoms with Gasteiger partial charge in [0.1, 0.15) is 11.0 Å². The van der Waals surface area contributed by atoms with E-state index in [1.165, 1.54) is 23.1 Å². The summed E-state index contributed by atoms with van der Waals surface area (Å²) in [5.41, 5.74) is 2.24. The van der Waals surface area contributed by atoms with Gasteiger partial charge < -0.3 is 15.5 Å². The lowest BCUT2D eigenvalue weighted by atomic mass is 10.0. The normalized spacial score (nSPS) is 14.8. The zero-order valence-electron chi connectivity index (χ0n) is 16.9. The van der Waals surface area contributed by atoms with E-state index in [1.54, 1.807) is 49.7 Å². The fourth-order valence-electron chi connectivity index (χ4n) is 3.20. The van der Waals surface area contributed by atoms with Crippen LogP contribution in [-0.4, -0.2) is 45.5 Å². The summed E-state index contributed by atoms with van der Waals surface area (Å²) in [7, 11) is 1.72. The van der Waals surface area contributed by atoms with Gasteiger partial charge in [-0.25, -0.2) is 13.8 Å². The average molecular weight is 436 g/mol. The lowest BCUT2D eigenvalue weighted by Gasteiger charge is -2.15. The Morgan fingerprint density at radius 2 is 2.00 bits per heavy atom. The van der Waals surface area contributed by atoms with E-state index in [0.717, 1.165) is 0 Å². The molecule has 0 saturated carbocycles. The molecule has 0 bridgehead atoms. The molecule has 2 N–H and O–H groups in total. The van der Waals surface area contributed by atoms with E-state index >= 15 is 0 Å². The average Bonchev–Trinajstić information content (AvgIpc) is 2.79. The van der Waals surface area contributed by atoms with E-state index in [-0.39, 0.29) is 22.7 Å². The van der Waals surface area contributed by atoms with Crippen LogP contribution in [0.2, 0.25) is 0 Å².